The zero-order valence-electron chi connectivity index (χ0n) is 4.35. The monoisotopic (exact) mass is 175 g/mol. The van der Waals surface area contributed by atoms with Gasteiger partial charge in [0, 0.05) is 32.7 Å². The van der Waals surface area contributed by atoms with E-state index < -0.39 is 6.04 Å². The van der Waals surface area contributed by atoms with E-state index in [9.17, 15) is 4.79 Å². The Kier molecular flexibility index (Phi) is 7.44. The van der Waals surface area contributed by atoms with Crippen molar-refractivity contribution in [1.82, 2.24) is 0 Å². The number of Topliss-reactive ketones (excluding diaryl/α,β-unsaturated/α-hetero) is 1. The summed E-state index contributed by atoms with van der Waals surface area (Å²) in [6, 6.07) is -0.537. The predicted octanol–water partition coefficient (Wildman–Crippen LogP) is -0.266. The third kappa shape index (κ3) is 6.73. The first kappa shape index (κ1) is 10.7. The molecule has 3 heteroatoms. The second kappa shape index (κ2) is 4.88. The Morgan fingerprint density at radius 1 is 1.86 bits per heavy atom. The molecule has 0 rings (SSSR count). The van der Waals surface area contributed by atoms with Gasteiger partial charge in [-0.3, -0.25) is 0 Å². The van der Waals surface area contributed by atoms with Gasteiger partial charge in [0.15, 0.2) is 0 Å². The maximum Gasteiger partial charge on any atom is 0.115 e. The summed E-state index contributed by atoms with van der Waals surface area (Å²) >= 11 is 0. The van der Waals surface area contributed by atoms with Gasteiger partial charge >= 0.3 is 0 Å². The summed E-state index contributed by atoms with van der Waals surface area (Å²) in [6.07, 6.45) is 0. The Morgan fingerprint density at radius 2 is 2.00 bits per heavy atom. The van der Waals surface area contributed by atoms with Crippen molar-refractivity contribution in [3.63, 3.8) is 0 Å². The normalized spacial score (nSPS) is 11.9. The van der Waals surface area contributed by atoms with Crippen molar-refractivity contribution < 1.29 is 37.5 Å². The van der Waals surface area contributed by atoms with Gasteiger partial charge in [0.2, 0.25) is 0 Å². The van der Waals surface area contributed by atoms with Gasteiger partial charge in [0.05, 0.1) is 0 Å². The summed E-state index contributed by atoms with van der Waals surface area (Å²) in [5.41, 5.74) is 4.97. The molecule has 0 aromatic carbocycles. The van der Waals surface area contributed by atoms with E-state index in [1.807, 2.05) is 0 Å². The molecule has 0 aromatic rings. The van der Waals surface area contributed by atoms with Gasteiger partial charge in [-0.15, -0.1) is 0 Å². The Hall–Kier alpha value is 0.734. The van der Waals surface area contributed by atoms with E-state index in [1.165, 1.54) is 6.92 Å². The van der Waals surface area contributed by atoms with Gasteiger partial charge in [-0.25, -0.2) is 0 Å². The molecule has 2 nitrogen and oxygen atoms in total. The van der Waals surface area contributed by atoms with Crippen LogP contribution in [0.5, 0.6) is 0 Å². The zero-order chi connectivity index (χ0) is 5.15. The van der Waals surface area contributed by atoms with Gasteiger partial charge < -0.3 is 17.5 Å². The van der Waals surface area contributed by atoms with E-state index in [0.29, 0.717) is 0 Å². The Bertz CT molecular complexity index is 62.7. The number of hydrogen-bond acceptors (Lipinski definition) is 2. The van der Waals surface area contributed by atoms with Crippen LogP contribution in [0.2, 0.25) is 0 Å². The van der Waals surface area contributed by atoms with Crippen molar-refractivity contribution in [2.45, 2.75) is 13.0 Å². The van der Waals surface area contributed by atoms with E-state index in [0.717, 1.165) is 0 Å². The fraction of sp³-hybridized carbons (Fsp3) is 0.500. The van der Waals surface area contributed by atoms with Crippen molar-refractivity contribution in [2.75, 3.05) is 0 Å². The predicted molar refractivity (Wildman–Crippen MR) is 24.0 cm³/mol. The van der Waals surface area contributed by atoms with Gasteiger partial charge in [-0.2, -0.15) is 0 Å². The first-order valence-corrected chi connectivity index (χ1v) is 1.73. The van der Waals surface area contributed by atoms with Gasteiger partial charge in [0.25, 0.3) is 0 Å². The molecule has 0 aromatic heterocycles. The van der Waals surface area contributed by atoms with Crippen LogP contribution in [0.15, 0.2) is 0 Å². The quantitative estimate of drug-likeness (QED) is 0.557. The molecule has 39 valence electrons. The second-order valence-corrected chi connectivity index (χ2v) is 1.22. The molecular weight excluding hydrogens is 167 g/mol. The van der Waals surface area contributed by atoms with E-state index in [1.54, 1.807) is 0 Å². The molecule has 0 aliphatic heterocycles. The maximum atomic E-state index is 9.96. The zero-order valence-corrected chi connectivity index (χ0v) is 7.19. The Balaban J connectivity index is 0. The molecule has 0 saturated carbocycles. The smallest absolute Gasteiger partial charge is 0.115 e. The average Bonchev–Trinajstić information content (AvgIpc) is 1.36. The van der Waals surface area contributed by atoms with Crippen LogP contribution >= 0.6 is 0 Å². The summed E-state index contributed by atoms with van der Waals surface area (Å²) < 4.78 is 0. The van der Waals surface area contributed by atoms with E-state index in [4.69, 9.17) is 5.73 Å². The van der Waals surface area contributed by atoms with Gasteiger partial charge in [0.1, 0.15) is 5.78 Å². The molecule has 0 amide bonds. The second-order valence-electron chi connectivity index (χ2n) is 1.22. The van der Waals surface area contributed by atoms with E-state index in [-0.39, 0.29) is 38.5 Å². The topological polar surface area (TPSA) is 43.1 Å². The van der Waals surface area contributed by atoms with Gasteiger partial charge in [-0.05, 0) is 6.92 Å². The minimum atomic E-state index is -0.537. The van der Waals surface area contributed by atoms with Crippen molar-refractivity contribution in [2.24, 2.45) is 5.73 Å². The third-order valence-electron chi connectivity index (χ3n) is 0.522. The minimum absolute atomic E-state index is 0. The molecule has 0 bridgehead atoms. The number of ketones is 1. The molecular formula is C4H8NOY-. The van der Waals surface area contributed by atoms with E-state index >= 15 is 0 Å². The molecule has 0 spiro atoms. The van der Waals surface area contributed by atoms with Crippen LogP contribution in [0, 0.1) is 6.92 Å². The molecule has 7 heavy (non-hydrogen) atoms. The SMILES string of the molecule is [CH2-]C(N)C(C)=O.[Y]. The molecule has 0 fully saturated rings. The maximum absolute atomic E-state index is 9.96. The molecule has 0 saturated heterocycles. The minimum Gasteiger partial charge on any atom is -0.350 e. The van der Waals surface area contributed by atoms with E-state index in [2.05, 4.69) is 6.92 Å². The Labute approximate surface area is 68.7 Å². The number of carbonyl (C=O) groups is 1. The fourth-order valence-corrected chi connectivity index (χ4v) is 0. The summed E-state index contributed by atoms with van der Waals surface area (Å²) in [5.74, 6) is -0.0741. The largest absolute Gasteiger partial charge is 0.350 e. The van der Waals surface area contributed by atoms with Crippen LogP contribution in [0.25, 0.3) is 0 Å². The molecule has 1 radical (unpaired) electrons. The van der Waals surface area contributed by atoms with Crippen molar-refractivity contribution in [3.05, 3.63) is 6.92 Å². The summed E-state index contributed by atoms with van der Waals surface area (Å²) in [6.45, 7) is 4.68. The molecule has 0 heterocycles. The van der Waals surface area contributed by atoms with Crippen LogP contribution in [-0.4, -0.2) is 11.8 Å². The number of hydrogen-bond donors (Lipinski definition) is 1. The fourth-order valence-electron chi connectivity index (χ4n) is 0. The number of nitrogens with two attached hydrogens (primary N) is 1. The van der Waals surface area contributed by atoms with Crippen LogP contribution in [0.3, 0.4) is 0 Å². The van der Waals surface area contributed by atoms with Crippen molar-refractivity contribution in [3.8, 4) is 0 Å². The first-order valence-electron chi connectivity index (χ1n) is 1.73. The molecule has 0 aliphatic carbocycles. The third-order valence-corrected chi connectivity index (χ3v) is 0.522. The van der Waals surface area contributed by atoms with Crippen LogP contribution < -0.4 is 5.73 Å². The first-order chi connectivity index (χ1) is 2.64. The van der Waals surface area contributed by atoms with Crippen LogP contribution in [0.4, 0.5) is 0 Å². The molecule has 1 unspecified atom stereocenters. The molecule has 0 aliphatic rings. The van der Waals surface area contributed by atoms with Gasteiger partial charge in [-0.1, -0.05) is 6.04 Å². The summed E-state index contributed by atoms with van der Waals surface area (Å²) in [4.78, 5) is 9.96. The number of carbonyl (C=O) groups excluding carboxylic acids is 1. The average molecular weight is 175 g/mol. The van der Waals surface area contributed by atoms with Crippen LogP contribution in [0.1, 0.15) is 6.92 Å². The summed E-state index contributed by atoms with van der Waals surface area (Å²) in [7, 11) is 0. The van der Waals surface area contributed by atoms with Crippen molar-refractivity contribution in [1.29, 1.82) is 0 Å². The summed E-state index contributed by atoms with van der Waals surface area (Å²) in [5, 5.41) is 0. The van der Waals surface area contributed by atoms with Crippen LogP contribution in [-0.2, 0) is 37.5 Å². The van der Waals surface area contributed by atoms with Crippen molar-refractivity contribution >= 4 is 5.78 Å². The molecule has 2 N–H and O–H groups in total. The number of rotatable bonds is 1. The molecule has 1 atom stereocenters. The Morgan fingerprint density at radius 3 is 2.00 bits per heavy atom. The standard InChI is InChI=1S/C4H8NO.Y/c1-3(5)4(2)6;/h3H,1,5H2,2H3;/q-1;.